The molecular weight excluding hydrogens is 615 g/mol. The molecule has 0 aliphatic carbocycles. The minimum Gasteiger partial charge on any atom is -0.491 e. The van der Waals surface area contributed by atoms with Gasteiger partial charge in [0, 0.05) is 86.9 Å². The molecule has 0 bridgehead atoms. The number of aliphatic hydroxyl groups is 2. The maximum absolute atomic E-state index is 12.4. The van der Waals surface area contributed by atoms with E-state index < -0.39 is 12.2 Å². The Labute approximate surface area is 275 Å². The Balaban J connectivity index is 1.03. The maximum atomic E-state index is 12.4. The first-order valence-corrected chi connectivity index (χ1v) is 16.2. The number of benzene rings is 3. The monoisotopic (exact) mass is 656 g/mol. The van der Waals surface area contributed by atoms with Gasteiger partial charge in [-0.05, 0) is 61.5 Å². The number of Topliss-reactive ketones (excluding diaryl/α,β-unsaturated/α-hetero) is 1. The molecular formula is C34H42Cl2N4O5. The van der Waals surface area contributed by atoms with E-state index in [-0.39, 0.29) is 19.0 Å². The summed E-state index contributed by atoms with van der Waals surface area (Å²) in [5.74, 6) is 0.716. The number of piperazine rings is 2. The van der Waals surface area contributed by atoms with Gasteiger partial charge in [0.25, 0.3) is 0 Å². The van der Waals surface area contributed by atoms with Crippen molar-refractivity contribution in [3.8, 4) is 11.5 Å². The van der Waals surface area contributed by atoms with Crippen molar-refractivity contribution in [1.29, 1.82) is 0 Å². The number of aliphatic hydroxyl groups excluding tert-OH is 2. The van der Waals surface area contributed by atoms with Crippen LogP contribution in [0.2, 0.25) is 10.0 Å². The number of carbonyl (C=O) groups is 1. The molecule has 0 saturated carbocycles. The Morgan fingerprint density at radius 3 is 1.67 bits per heavy atom. The van der Waals surface area contributed by atoms with Crippen LogP contribution in [-0.4, -0.2) is 117 Å². The van der Waals surface area contributed by atoms with E-state index in [1.807, 2.05) is 36.4 Å². The largest absolute Gasteiger partial charge is 0.491 e. The highest BCUT2D eigenvalue weighted by Crippen LogP contribution is 2.26. The molecule has 45 heavy (non-hydrogen) atoms. The molecule has 0 spiro atoms. The lowest BCUT2D eigenvalue weighted by atomic mass is 10.1. The highest BCUT2D eigenvalue weighted by atomic mass is 35.5. The summed E-state index contributed by atoms with van der Waals surface area (Å²) < 4.78 is 11.7. The van der Waals surface area contributed by atoms with Gasteiger partial charge in [-0.25, -0.2) is 0 Å². The van der Waals surface area contributed by atoms with Crippen molar-refractivity contribution in [1.82, 2.24) is 9.80 Å². The quantitative estimate of drug-likeness (QED) is 0.261. The summed E-state index contributed by atoms with van der Waals surface area (Å²) in [5.41, 5.74) is 2.59. The second-order valence-electron chi connectivity index (χ2n) is 11.7. The van der Waals surface area contributed by atoms with Crippen LogP contribution in [0.15, 0.2) is 66.7 Å². The Morgan fingerprint density at radius 2 is 1.20 bits per heavy atom. The first-order valence-electron chi connectivity index (χ1n) is 15.5. The van der Waals surface area contributed by atoms with E-state index in [1.54, 1.807) is 18.2 Å². The summed E-state index contributed by atoms with van der Waals surface area (Å²) in [6.07, 6.45) is -1.39. The summed E-state index contributed by atoms with van der Waals surface area (Å²) in [7, 11) is 0. The predicted molar refractivity (Wildman–Crippen MR) is 180 cm³/mol. The standard InChI is InChI=1S/C34H42Cl2N4O5/c1-25(41)33-20-32(44-23-30(42)21-37-10-14-39(15-11-37)28-6-2-4-26(35)18-28)8-9-34(33)45-24-31(43)22-38-12-16-40(17-13-38)29-7-3-5-27(36)19-29/h2-9,18-20,30-31,42-43H,10-17,21-24H2,1H3. The van der Waals surface area contributed by atoms with E-state index in [2.05, 4.69) is 31.7 Å². The Kier molecular flexibility index (Phi) is 11.8. The van der Waals surface area contributed by atoms with E-state index in [1.165, 1.54) is 6.92 Å². The van der Waals surface area contributed by atoms with Crippen LogP contribution in [0.4, 0.5) is 11.4 Å². The van der Waals surface area contributed by atoms with Crippen LogP contribution in [0, 0.1) is 0 Å². The van der Waals surface area contributed by atoms with Crippen molar-refractivity contribution in [2.24, 2.45) is 0 Å². The summed E-state index contributed by atoms with van der Waals surface area (Å²) in [4.78, 5) is 21.4. The molecule has 11 heteroatoms. The van der Waals surface area contributed by atoms with Gasteiger partial charge in [-0.15, -0.1) is 0 Å². The number of nitrogens with zero attached hydrogens (tertiary/aromatic N) is 4. The number of rotatable bonds is 13. The van der Waals surface area contributed by atoms with E-state index >= 15 is 0 Å². The predicted octanol–water partition coefficient (Wildman–Crippen LogP) is 4.32. The number of halogens is 2. The molecule has 0 radical (unpaired) electrons. The lowest BCUT2D eigenvalue weighted by Gasteiger charge is -2.37. The first-order chi connectivity index (χ1) is 21.7. The van der Waals surface area contributed by atoms with Crippen LogP contribution in [0.3, 0.4) is 0 Å². The van der Waals surface area contributed by atoms with Crippen molar-refractivity contribution in [2.75, 3.05) is 88.5 Å². The minimum absolute atomic E-state index is 0.0677. The number of ether oxygens (including phenoxy) is 2. The third-order valence-electron chi connectivity index (χ3n) is 8.23. The second kappa shape index (κ2) is 16.0. The zero-order valence-electron chi connectivity index (χ0n) is 25.7. The number of β-amino-alcohol motifs (C(OH)–C–C–N with tert-alkyl or cyclic N) is 2. The van der Waals surface area contributed by atoms with Gasteiger partial charge in [0.1, 0.15) is 36.9 Å². The molecule has 5 rings (SSSR count). The fourth-order valence-electron chi connectivity index (χ4n) is 5.80. The summed E-state index contributed by atoms with van der Waals surface area (Å²) in [5, 5.41) is 22.8. The molecule has 2 aliphatic heterocycles. The fourth-order valence-corrected chi connectivity index (χ4v) is 6.17. The Hall–Kier alpha value is -3.05. The summed E-state index contributed by atoms with van der Waals surface area (Å²) in [6.45, 7) is 9.32. The average molecular weight is 658 g/mol. The highest BCUT2D eigenvalue weighted by molar-refractivity contribution is 6.31. The van der Waals surface area contributed by atoms with Gasteiger partial charge in [0.15, 0.2) is 5.78 Å². The molecule has 2 heterocycles. The van der Waals surface area contributed by atoms with Crippen LogP contribution in [0.25, 0.3) is 0 Å². The number of carbonyl (C=O) groups excluding carboxylic acids is 1. The van der Waals surface area contributed by atoms with Gasteiger partial charge >= 0.3 is 0 Å². The minimum atomic E-state index is -0.707. The van der Waals surface area contributed by atoms with Crippen LogP contribution < -0.4 is 19.3 Å². The van der Waals surface area contributed by atoms with Gasteiger partial charge in [-0.2, -0.15) is 0 Å². The molecule has 3 aromatic rings. The first kappa shape index (κ1) is 33.3. The molecule has 2 N–H and O–H groups in total. The second-order valence-corrected chi connectivity index (χ2v) is 12.6. The smallest absolute Gasteiger partial charge is 0.163 e. The normalized spacial score (nSPS) is 17.6. The van der Waals surface area contributed by atoms with Crippen molar-refractivity contribution in [3.05, 3.63) is 82.3 Å². The third-order valence-corrected chi connectivity index (χ3v) is 8.70. The van der Waals surface area contributed by atoms with Crippen molar-refractivity contribution >= 4 is 40.4 Å². The van der Waals surface area contributed by atoms with E-state index in [0.29, 0.717) is 30.2 Å². The Bertz CT molecular complexity index is 1410. The lowest BCUT2D eigenvalue weighted by molar-refractivity contribution is 0.0644. The molecule has 3 aromatic carbocycles. The van der Waals surface area contributed by atoms with E-state index in [0.717, 1.165) is 73.8 Å². The van der Waals surface area contributed by atoms with E-state index in [9.17, 15) is 15.0 Å². The average Bonchev–Trinajstić information content (AvgIpc) is 3.03. The topological polar surface area (TPSA) is 89.0 Å². The molecule has 242 valence electrons. The van der Waals surface area contributed by atoms with Gasteiger partial charge in [0.2, 0.25) is 0 Å². The van der Waals surface area contributed by atoms with Gasteiger partial charge < -0.3 is 29.5 Å². The summed E-state index contributed by atoms with van der Waals surface area (Å²) >= 11 is 12.3. The van der Waals surface area contributed by atoms with Gasteiger partial charge in [0.05, 0.1) is 5.56 Å². The molecule has 2 aliphatic rings. The molecule has 2 fully saturated rings. The molecule has 0 aromatic heterocycles. The Morgan fingerprint density at radius 1 is 0.711 bits per heavy atom. The molecule has 2 saturated heterocycles. The van der Waals surface area contributed by atoms with Crippen LogP contribution in [0.1, 0.15) is 17.3 Å². The molecule has 2 unspecified atom stereocenters. The number of hydrogen-bond donors (Lipinski definition) is 2. The lowest BCUT2D eigenvalue weighted by Crippen LogP contribution is -2.49. The molecule has 9 nitrogen and oxygen atoms in total. The SMILES string of the molecule is CC(=O)c1cc(OCC(O)CN2CCN(c3cccc(Cl)c3)CC2)ccc1OCC(O)CN1CCN(c2cccc(Cl)c2)CC1. The molecule has 2 atom stereocenters. The zero-order valence-corrected chi connectivity index (χ0v) is 27.2. The van der Waals surface area contributed by atoms with Gasteiger partial charge in [-0.3, -0.25) is 14.6 Å². The zero-order chi connectivity index (χ0) is 31.8. The maximum Gasteiger partial charge on any atom is 0.163 e. The van der Waals surface area contributed by atoms with Gasteiger partial charge in [-0.1, -0.05) is 35.3 Å². The summed E-state index contributed by atoms with van der Waals surface area (Å²) in [6, 6.07) is 20.8. The van der Waals surface area contributed by atoms with Crippen molar-refractivity contribution < 1.29 is 24.5 Å². The number of hydrogen-bond acceptors (Lipinski definition) is 9. The van der Waals surface area contributed by atoms with Crippen molar-refractivity contribution in [3.63, 3.8) is 0 Å². The third kappa shape index (κ3) is 9.72. The van der Waals surface area contributed by atoms with Crippen LogP contribution in [-0.2, 0) is 0 Å². The number of ketones is 1. The van der Waals surface area contributed by atoms with E-state index in [4.69, 9.17) is 32.7 Å². The fraction of sp³-hybridized carbons (Fsp3) is 0.441. The van der Waals surface area contributed by atoms with Crippen molar-refractivity contribution in [2.45, 2.75) is 19.1 Å². The highest BCUT2D eigenvalue weighted by Gasteiger charge is 2.22. The van der Waals surface area contributed by atoms with Crippen LogP contribution >= 0.6 is 23.2 Å². The number of anilines is 2. The van der Waals surface area contributed by atoms with Crippen LogP contribution in [0.5, 0.6) is 11.5 Å². The molecule has 0 amide bonds.